The second kappa shape index (κ2) is 6.21. The number of carbonyl (C=O) groups excluding carboxylic acids is 1. The predicted molar refractivity (Wildman–Crippen MR) is 73.3 cm³/mol. The minimum atomic E-state index is 0.147. The Morgan fingerprint density at radius 3 is 2.67 bits per heavy atom. The van der Waals surface area contributed by atoms with Gasteiger partial charge in [-0.25, -0.2) is 0 Å². The van der Waals surface area contributed by atoms with E-state index in [1.165, 1.54) is 19.3 Å². The lowest BCUT2D eigenvalue weighted by atomic mass is 9.97. The van der Waals surface area contributed by atoms with Gasteiger partial charge in [0.1, 0.15) is 5.76 Å². The first kappa shape index (κ1) is 13.4. The molecule has 2 heteroatoms. The van der Waals surface area contributed by atoms with Crippen LogP contribution in [0.25, 0.3) is 0 Å². The maximum atomic E-state index is 12.0. The van der Waals surface area contributed by atoms with E-state index in [0.717, 1.165) is 43.4 Å². The van der Waals surface area contributed by atoms with E-state index in [0.29, 0.717) is 18.1 Å². The van der Waals surface area contributed by atoms with E-state index >= 15 is 0 Å². The molecule has 2 aliphatic rings. The number of carbonyl (C=O) groups is 1. The summed E-state index contributed by atoms with van der Waals surface area (Å²) in [6.07, 6.45) is 10.2. The fraction of sp³-hybridized carbons (Fsp3) is 0.688. The van der Waals surface area contributed by atoms with E-state index in [4.69, 9.17) is 4.74 Å². The van der Waals surface area contributed by atoms with Crippen LogP contribution >= 0.6 is 0 Å². The van der Waals surface area contributed by atoms with Gasteiger partial charge in [0.15, 0.2) is 5.78 Å². The monoisotopic (exact) mass is 248 g/mol. The molecule has 0 radical (unpaired) electrons. The molecule has 0 atom stereocenters. The number of unbranched alkanes of at least 4 members (excludes halogenated alkanes) is 1. The van der Waals surface area contributed by atoms with Crippen molar-refractivity contribution in [2.45, 2.75) is 70.8 Å². The average molecular weight is 248 g/mol. The fourth-order valence-corrected chi connectivity index (χ4v) is 2.82. The Labute approximate surface area is 110 Å². The van der Waals surface area contributed by atoms with Gasteiger partial charge in [0.25, 0.3) is 0 Å². The maximum absolute atomic E-state index is 12.0. The molecule has 0 N–H and O–H groups in total. The molecular weight excluding hydrogens is 224 g/mol. The molecule has 2 rings (SSSR count). The first-order valence-electron chi connectivity index (χ1n) is 7.33. The number of allylic oxidation sites excluding steroid dienone is 2. The van der Waals surface area contributed by atoms with Crippen molar-refractivity contribution in [3.63, 3.8) is 0 Å². The maximum Gasteiger partial charge on any atom is 0.188 e. The molecule has 0 saturated heterocycles. The molecule has 2 aliphatic carbocycles. The molecule has 1 fully saturated rings. The number of ether oxygens (including phenoxy) is 1. The van der Waals surface area contributed by atoms with E-state index in [1.54, 1.807) is 0 Å². The van der Waals surface area contributed by atoms with Gasteiger partial charge in [-0.1, -0.05) is 26.3 Å². The van der Waals surface area contributed by atoms with E-state index in [1.807, 2.05) is 0 Å². The van der Waals surface area contributed by atoms with Crippen molar-refractivity contribution in [3.8, 4) is 0 Å². The van der Waals surface area contributed by atoms with Crippen molar-refractivity contribution in [2.24, 2.45) is 0 Å². The standard InChI is InChI=1S/C16H24O2/c1-3-4-10-14-15(11-12(2)16(14)17)18-13-8-6-5-7-9-13/h13H,2-11H2,1H3. The Morgan fingerprint density at radius 1 is 1.28 bits per heavy atom. The number of hydrogen-bond donors (Lipinski definition) is 0. The SMILES string of the molecule is C=C1CC(OC2CCCCC2)=C(CCCC)C1=O. The summed E-state index contributed by atoms with van der Waals surface area (Å²) < 4.78 is 6.10. The number of hydrogen-bond acceptors (Lipinski definition) is 2. The highest BCUT2D eigenvalue weighted by molar-refractivity contribution is 6.11. The molecule has 0 unspecified atom stereocenters. The lowest BCUT2D eigenvalue weighted by molar-refractivity contribution is -0.112. The normalized spacial score (nSPS) is 21.8. The molecule has 0 bridgehead atoms. The summed E-state index contributed by atoms with van der Waals surface area (Å²) in [5.74, 6) is 1.08. The lowest BCUT2D eigenvalue weighted by Crippen LogP contribution is -2.16. The Kier molecular flexibility index (Phi) is 4.62. The molecule has 0 aliphatic heterocycles. The molecule has 0 spiro atoms. The van der Waals surface area contributed by atoms with Gasteiger partial charge in [-0.3, -0.25) is 4.79 Å². The predicted octanol–water partition coefficient (Wildman–Crippen LogP) is 4.31. The van der Waals surface area contributed by atoms with E-state index < -0.39 is 0 Å². The van der Waals surface area contributed by atoms with Crippen LogP contribution in [0, 0.1) is 0 Å². The summed E-state index contributed by atoms with van der Waals surface area (Å²) >= 11 is 0. The van der Waals surface area contributed by atoms with Crippen LogP contribution in [0.3, 0.4) is 0 Å². The number of Topliss-reactive ketones (excluding diaryl/α,β-unsaturated/α-hetero) is 1. The van der Waals surface area contributed by atoms with Gasteiger partial charge in [0, 0.05) is 17.6 Å². The van der Waals surface area contributed by atoms with E-state index in [-0.39, 0.29) is 5.78 Å². The van der Waals surface area contributed by atoms with Crippen LogP contribution in [-0.4, -0.2) is 11.9 Å². The van der Waals surface area contributed by atoms with Crippen molar-refractivity contribution in [2.75, 3.05) is 0 Å². The van der Waals surface area contributed by atoms with Crippen LogP contribution in [0.1, 0.15) is 64.7 Å². The summed E-state index contributed by atoms with van der Waals surface area (Å²) in [5.41, 5.74) is 1.62. The zero-order valence-electron chi connectivity index (χ0n) is 11.5. The van der Waals surface area contributed by atoms with Crippen LogP contribution in [0.5, 0.6) is 0 Å². The van der Waals surface area contributed by atoms with E-state index in [2.05, 4.69) is 13.5 Å². The molecule has 0 heterocycles. The lowest BCUT2D eigenvalue weighted by Gasteiger charge is -2.24. The molecule has 2 nitrogen and oxygen atoms in total. The van der Waals surface area contributed by atoms with Gasteiger partial charge in [0.05, 0.1) is 6.10 Å². The smallest absolute Gasteiger partial charge is 0.188 e. The number of rotatable bonds is 5. The Hall–Kier alpha value is -1.05. The molecule has 0 aromatic carbocycles. The highest BCUT2D eigenvalue weighted by Gasteiger charge is 2.29. The topological polar surface area (TPSA) is 26.3 Å². The summed E-state index contributed by atoms with van der Waals surface area (Å²) in [4.78, 5) is 12.0. The zero-order chi connectivity index (χ0) is 13.0. The molecule has 0 aromatic rings. The second-order valence-corrected chi connectivity index (χ2v) is 5.49. The van der Waals surface area contributed by atoms with Gasteiger partial charge >= 0.3 is 0 Å². The third-order valence-corrected chi connectivity index (χ3v) is 3.95. The Morgan fingerprint density at radius 2 is 2.00 bits per heavy atom. The average Bonchev–Trinajstić information content (AvgIpc) is 2.64. The van der Waals surface area contributed by atoms with Crippen LogP contribution < -0.4 is 0 Å². The van der Waals surface area contributed by atoms with E-state index in [9.17, 15) is 4.79 Å². The molecule has 0 amide bonds. The quantitative estimate of drug-likeness (QED) is 0.678. The summed E-state index contributed by atoms with van der Waals surface area (Å²) in [6, 6.07) is 0. The van der Waals surface area contributed by atoms with Crippen molar-refractivity contribution in [1.82, 2.24) is 0 Å². The van der Waals surface area contributed by atoms with Gasteiger partial charge in [0.2, 0.25) is 0 Å². The highest BCUT2D eigenvalue weighted by Crippen LogP contribution is 2.33. The largest absolute Gasteiger partial charge is 0.494 e. The summed E-state index contributed by atoms with van der Waals surface area (Å²) in [6.45, 7) is 6.01. The van der Waals surface area contributed by atoms with Gasteiger partial charge in [-0.2, -0.15) is 0 Å². The minimum Gasteiger partial charge on any atom is -0.494 e. The molecule has 100 valence electrons. The van der Waals surface area contributed by atoms with Gasteiger partial charge in [-0.05, 0) is 38.5 Å². The summed E-state index contributed by atoms with van der Waals surface area (Å²) in [7, 11) is 0. The van der Waals surface area contributed by atoms with Crippen molar-refractivity contribution < 1.29 is 9.53 Å². The Balaban J connectivity index is 2.03. The molecular formula is C16H24O2. The van der Waals surface area contributed by atoms with Crippen molar-refractivity contribution in [1.29, 1.82) is 0 Å². The first-order valence-corrected chi connectivity index (χ1v) is 7.33. The van der Waals surface area contributed by atoms with Crippen LogP contribution in [0.2, 0.25) is 0 Å². The van der Waals surface area contributed by atoms with Crippen molar-refractivity contribution in [3.05, 3.63) is 23.5 Å². The third kappa shape index (κ3) is 3.04. The second-order valence-electron chi connectivity index (χ2n) is 5.49. The molecule has 0 aromatic heterocycles. The Bertz CT molecular complexity index is 359. The fourth-order valence-electron chi connectivity index (χ4n) is 2.82. The van der Waals surface area contributed by atoms with Crippen molar-refractivity contribution >= 4 is 5.78 Å². The van der Waals surface area contributed by atoms with Crippen LogP contribution in [-0.2, 0) is 9.53 Å². The van der Waals surface area contributed by atoms with Gasteiger partial charge < -0.3 is 4.74 Å². The van der Waals surface area contributed by atoms with Gasteiger partial charge in [-0.15, -0.1) is 0 Å². The summed E-state index contributed by atoms with van der Waals surface area (Å²) in [5, 5.41) is 0. The molecule has 18 heavy (non-hydrogen) atoms. The highest BCUT2D eigenvalue weighted by atomic mass is 16.5. The minimum absolute atomic E-state index is 0.147. The van der Waals surface area contributed by atoms with Crippen LogP contribution in [0.15, 0.2) is 23.5 Å². The third-order valence-electron chi connectivity index (χ3n) is 3.95. The first-order chi connectivity index (χ1) is 8.72. The zero-order valence-corrected chi connectivity index (χ0v) is 11.5. The molecule has 1 saturated carbocycles. The number of ketones is 1. The van der Waals surface area contributed by atoms with Crippen LogP contribution in [0.4, 0.5) is 0 Å².